The third-order valence-electron chi connectivity index (χ3n) is 3.85. The first-order chi connectivity index (χ1) is 10.2. The van der Waals surface area contributed by atoms with E-state index < -0.39 is 0 Å². The molecule has 118 valence electrons. The fraction of sp³-hybridized carbons (Fsp3) is 0.611. The number of carbonyl (C=O) groups is 1. The number of carbonyl (C=O) groups excluding carboxylic acids is 1. The normalized spacial score (nSPS) is 10.6. The summed E-state index contributed by atoms with van der Waals surface area (Å²) in [6.45, 7) is 3.46. The highest BCUT2D eigenvalue weighted by Gasteiger charge is 2.08. The topological polar surface area (TPSA) is 46.3 Å². The molecular formula is C18H30N2O. The van der Waals surface area contributed by atoms with Gasteiger partial charge in [0.05, 0.1) is 0 Å². The number of nitrogens with two attached hydrogens (primary N) is 1. The van der Waals surface area contributed by atoms with Crippen LogP contribution in [0.4, 0.5) is 0 Å². The maximum atomic E-state index is 12.1. The van der Waals surface area contributed by atoms with Crippen LogP contribution in [0.1, 0.15) is 63.0 Å². The first kappa shape index (κ1) is 17.7. The van der Waals surface area contributed by atoms with E-state index in [0.717, 1.165) is 17.5 Å². The maximum Gasteiger partial charge on any atom is 0.222 e. The van der Waals surface area contributed by atoms with Crippen molar-refractivity contribution in [3.05, 3.63) is 35.4 Å². The Bertz CT molecular complexity index is 400. The van der Waals surface area contributed by atoms with Crippen LogP contribution in [-0.4, -0.2) is 17.9 Å². The van der Waals surface area contributed by atoms with Gasteiger partial charge in [-0.2, -0.15) is 0 Å². The first-order valence-electron chi connectivity index (χ1n) is 8.19. The first-order valence-corrected chi connectivity index (χ1v) is 8.19. The number of hydrogen-bond acceptors (Lipinski definition) is 2. The van der Waals surface area contributed by atoms with Crippen LogP contribution >= 0.6 is 0 Å². The zero-order valence-electron chi connectivity index (χ0n) is 13.6. The van der Waals surface area contributed by atoms with Crippen molar-refractivity contribution in [2.75, 3.05) is 7.05 Å². The van der Waals surface area contributed by atoms with Crippen molar-refractivity contribution in [2.24, 2.45) is 5.73 Å². The lowest BCUT2D eigenvalue weighted by Gasteiger charge is -2.17. The molecule has 1 aromatic carbocycles. The number of rotatable bonds is 10. The van der Waals surface area contributed by atoms with Crippen LogP contribution in [0.15, 0.2) is 24.3 Å². The van der Waals surface area contributed by atoms with Crippen molar-refractivity contribution < 1.29 is 4.79 Å². The van der Waals surface area contributed by atoms with Gasteiger partial charge in [0.1, 0.15) is 0 Å². The van der Waals surface area contributed by atoms with E-state index in [1.54, 1.807) is 0 Å². The Balaban J connectivity index is 2.23. The Morgan fingerprint density at radius 2 is 1.57 bits per heavy atom. The number of amides is 1. The van der Waals surface area contributed by atoms with Crippen molar-refractivity contribution in [3.8, 4) is 0 Å². The molecule has 1 amide bonds. The summed E-state index contributed by atoms with van der Waals surface area (Å²) in [6, 6.07) is 8.16. The SMILES string of the molecule is CCCCCCCCC(=O)N(C)Cc1ccc(CN)cc1. The van der Waals surface area contributed by atoms with Crippen molar-refractivity contribution in [2.45, 2.75) is 65.0 Å². The monoisotopic (exact) mass is 290 g/mol. The van der Waals surface area contributed by atoms with Crippen LogP contribution in [0.5, 0.6) is 0 Å². The Morgan fingerprint density at radius 3 is 2.19 bits per heavy atom. The molecule has 1 aromatic rings. The van der Waals surface area contributed by atoms with E-state index in [9.17, 15) is 4.79 Å². The molecule has 0 aliphatic carbocycles. The summed E-state index contributed by atoms with van der Waals surface area (Å²) in [5.74, 6) is 0.244. The van der Waals surface area contributed by atoms with Gasteiger partial charge in [0.2, 0.25) is 5.91 Å². The van der Waals surface area contributed by atoms with Gasteiger partial charge in [0, 0.05) is 26.6 Å². The predicted molar refractivity (Wildman–Crippen MR) is 88.8 cm³/mol. The van der Waals surface area contributed by atoms with Crippen molar-refractivity contribution in [3.63, 3.8) is 0 Å². The molecule has 0 heterocycles. The summed E-state index contributed by atoms with van der Waals surface area (Å²) in [7, 11) is 1.89. The average molecular weight is 290 g/mol. The highest BCUT2D eigenvalue weighted by molar-refractivity contribution is 5.75. The minimum Gasteiger partial charge on any atom is -0.341 e. The minimum absolute atomic E-state index is 0.244. The van der Waals surface area contributed by atoms with Gasteiger partial charge in [-0.15, -0.1) is 0 Å². The van der Waals surface area contributed by atoms with Crippen LogP contribution in [0.3, 0.4) is 0 Å². The van der Waals surface area contributed by atoms with Crippen LogP contribution in [0, 0.1) is 0 Å². The van der Waals surface area contributed by atoms with Gasteiger partial charge >= 0.3 is 0 Å². The van der Waals surface area contributed by atoms with Gasteiger partial charge in [-0.25, -0.2) is 0 Å². The standard InChI is InChI=1S/C18H30N2O/c1-3-4-5-6-7-8-9-18(21)20(2)15-17-12-10-16(14-19)11-13-17/h10-13H,3-9,14-15,19H2,1-2H3. The van der Waals surface area contributed by atoms with Gasteiger partial charge in [-0.3, -0.25) is 4.79 Å². The summed E-state index contributed by atoms with van der Waals surface area (Å²) in [4.78, 5) is 13.9. The molecule has 0 spiro atoms. The number of hydrogen-bond donors (Lipinski definition) is 1. The molecule has 1 rings (SSSR count). The quantitative estimate of drug-likeness (QED) is 0.665. The van der Waals surface area contributed by atoms with Crippen LogP contribution in [0.25, 0.3) is 0 Å². The van der Waals surface area contributed by atoms with Crippen molar-refractivity contribution in [1.82, 2.24) is 4.90 Å². The fourth-order valence-electron chi connectivity index (χ4n) is 2.39. The summed E-state index contributed by atoms with van der Waals surface area (Å²) in [5, 5.41) is 0. The van der Waals surface area contributed by atoms with E-state index in [1.807, 2.05) is 24.1 Å². The summed E-state index contributed by atoms with van der Waals surface area (Å²) in [6.07, 6.45) is 7.99. The van der Waals surface area contributed by atoms with Gasteiger partial charge in [0.15, 0.2) is 0 Å². The van der Waals surface area contributed by atoms with E-state index in [1.165, 1.54) is 32.1 Å². The molecule has 0 unspecified atom stereocenters. The van der Waals surface area contributed by atoms with Gasteiger partial charge in [-0.05, 0) is 17.5 Å². The van der Waals surface area contributed by atoms with Crippen LogP contribution in [0.2, 0.25) is 0 Å². The van der Waals surface area contributed by atoms with E-state index in [4.69, 9.17) is 5.73 Å². The lowest BCUT2D eigenvalue weighted by atomic mass is 10.1. The Morgan fingerprint density at radius 1 is 1.00 bits per heavy atom. The number of unbranched alkanes of at least 4 members (excludes halogenated alkanes) is 5. The molecule has 0 radical (unpaired) electrons. The highest BCUT2D eigenvalue weighted by Crippen LogP contribution is 2.10. The lowest BCUT2D eigenvalue weighted by Crippen LogP contribution is -2.25. The molecule has 0 saturated carbocycles. The minimum atomic E-state index is 0.244. The molecule has 0 aromatic heterocycles. The van der Waals surface area contributed by atoms with Gasteiger partial charge in [-0.1, -0.05) is 63.3 Å². The largest absolute Gasteiger partial charge is 0.341 e. The number of nitrogens with zero attached hydrogens (tertiary/aromatic N) is 1. The molecule has 21 heavy (non-hydrogen) atoms. The van der Waals surface area contributed by atoms with Gasteiger partial charge in [0.25, 0.3) is 0 Å². The molecule has 0 aliphatic rings. The van der Waals surface area contributed by atoms with E-state index in [0.29, 0.717) is 19.5 Å². The summed E-state index contributed by atoms with van der Waals surface area (Å²) < 4.78 is 0. The highest BCUT2D eigenvalue weighted by atomic mass is 16.2. The molecule has 3 nitrogen and oxygen atoms in total. The molecule has 0 saturated heterocycles. The van der Waals surface area contributed by atoms with Crippen molar-refractivity contribution in [1.29, 1.82) is 0 Å². The van der Waals surface area contributed by atoms with Crippen LogP contribution in [-0.2, 0) is 17.9 Å². The van der Waals surface area contributed by atoms with Gasteiger partial charge < -0.3 is 10.6 Å². The average Bonchev–Trinajstić information content (AvgIpc) is 2.51. The van der Waals surface area contributed by atoms with Crippen molar-refractivity contribution >= 4 is 5.91 Å². The molecule has 0 aliphatic heterocycles. The van der Waals surface area contributed by atoms with Crippen LogP contribution < -0.4 is 5.73 Å². The van der Waals surface area contributed by atoms with E-state index >= 15 is 0 Å². The molecule has 0 atom stereocenters. The Hall–Kier alpha value is -1.35. The third kappa shape index (κ3) is 7.28. The molecule has 0 bridgehead atoms. The van der Waals surface area contributed by atoms with E-state index in [-0.39, 0.29) is 5.91 Å². The smallest absolute Gasteiger partial charge is 0.222 e. The molecular weight excluding hydrogens is 260 g/mol. The zero-order valence-corrected chi connectivity index (χ0v) is 13.6. The Labute approximate surface area is 129 Å². The molecule has 3 heteroatoms. The third-order valence-corrected chi connectivity index (χ3v) is 3.85. The molecule has 2 N–H and O–H groups in total. The molecule has 0 fully saturated rings. The second-order valence-electron chi connectivity index (χ2n) is 5.79. The maximum absolute atomic E-state index is 12.1. The summed E-state index contributed by atoms with van der Waals surface area (Å²) >= 11 is 0. The zero-order chi connectivity index (χ0) is 15.5. The predicted octanol–water partition coefficient (Wildman–Crippen LogP) is 3.85. The second kappa shape index (κ2) is 10.4. The van der Waals surface area contributed by atoms with E-state index in [2.05, 4.69) is 19.1 Å². The lowest BCUT2D eigenvalue weighted by molar-refractivity contribution is -0.130. The summed E-state index contributed by atoms with van der Waals surface area (Å²) in [5.41, 5.74) is 7.87. The second-order valence-corrected chi connectivity index (χ2v) is 5.79. The number of benzene rings is 1. The fourth-order valence-corrected chi connectivity index (χ4v) is 2.39. The Kier molecular flexibility index (Phi) is 8.76.